The van der Waals surface area contributed by atoms with Crippen molar-refractivity contribution in [3.8, 4) is 5.75 Å². The third kappa shape index (κ3) is 3.58. The number of methoxy groups -OCH3 is 1. The number of carbonyl (C=O) groups excluding carboxylic acids is 1. The molecule has 2 rings (SSSR count). The molecule has 102 valence electrons. The van der Waals surface area contributed by atoms with Crippen LogP contribution in [0.2, 0.25) is 0 Å². The van der Waals surface area contributed by atoms with E-state index in [1.165, 1.54) is 0 Å². The van der Waals surface area contributed by atoms with Gasteiger partial charge in [-0.25, -0.2) is 5.43 Å². The molecule has 0 bridgehead atoms. The number of nitrogen functional groups attached to an aromatic ring is 1. The van der Waals surface area contributed by atoms with E-state index in [0.717, 1.165) is 11.3 Å². The molecule has 2 aromatic carbocycles. The number of hydrogen-bond donors (Lipinski definition) is 2. The van der Waals surface area contributed by atoms with Crippen molar-refractivity contribution in [3.63, 3.8) is 0 Å². The summed E-state index contributed by atoms with van der Waals surface area (Å²) in [5.41, 5.74) is 9.96. The number of anilines is 1. The summed E-state index contributed by atoms with van der Waals surface area (Å²) in [6, 6.07) is 14.0. The topological polar surface area (TPSA) is 76.7 Å². The highest BCUT2D eigenvalue weighted by Gasteiger charge is 2.02. The smallest absolute Gasteiger partial charge is 0.271 e. The lowest BCUT2D eigenvalue weighted by Gasteiger charge is -2.01. The summed E-state index contributed by atoms with van der Waals surface area (Å²) in [4.78, 5) is 11.8. The van der Waals surface area contributed by atoms with E-state index >= 15 is 0 Å². The van der Waals surface area contributed by atoms with Crippen LogP contribution in [0.15, 0.2) is 53.6 Å². The lowest BCUT2D eigenvalue weighted by molar-refractivity contribution is 0.0955. The summed E-state index contributed by atoms with van der Waals surface area (Å²) in [5, 5.41) is 3.90. The molecule has 0 saturated heterocycles. The van der Waals surface area contributed by atoms with Gasteiger partial charge in [-0.1, -0.05) is 12.1 Å². The predicted octanol–water partition coefficient (Wildman–Crippen LogP) is 2.04. The third-order valence-electron chi connectivity index (χ3n) is 2.65. The van der Waals surface area contributed by atoms with Crippen LogP contribution in [-0.2, 0) is 0 Å². The number of nitrogens with two attached hydrogens (primary N) is 1. The largest absolute Gasteiger partial charge is 0.497 e. The number of nitrogens with zero attached hydrogens (tertiary/aromatic N) is 1. The van der Waals surface area contributed by atoms with Crippen molar-refractivity contribution in [1.82, 2.24) is 5.43 Å². The zero-order valence-electron chi connectivity index (χ0n) is 11.0. The lowest BCUT2D eigenvalue weighted by atomic mass is 10.2. The molecule has 0 spiro atoms. The fourth-order valence-electron chi connectivity index (χ4n) is 1.59. The molecule has 0 fully saturated rings. The van der Waals surface area contributed by atoms with E-state index in [1.54, 1.807) is 37.6 Å². The Morgan fingerprint density at radius 1 is 1.25 bits per heavy atom. The number of hydrazone groups is 1. The van der Waals surface area contributed by atoms with E-state index in [0.29, 0.717) is 11.3 Å². The molecule has 0 atom stereocenters. The maximum atomic E-state index is 11.8. The van der Waals surface area contributed by atoms with Crippen LogP contribution in [0.25, 0.3) is 0 Å². The van der Waals surface area contributed by atoms with Gasteiger partial charge >= 0.3 is 0 Å². The summed E-state index contributed by atoms with van der Waals surface area (Å²) >= 11 is 0. The fourth-order valence-corrected chi connectivity index (χ4v) is 1.59. The minimum Gasteiger partial charge on any atom is -0.497 e. The van der Waals surface area contributed by atoms with Crippen molar-refractivity contribution < 1.29 is 9.53 Å². The molecular weight excluding hydrogens is 254 g/mol. The van der Waals surface area contributed by atoms with Crippen LogP contribution in [0, 0.1) is 0 Å². The van der Waals surface area contributed by atoms with E-state index in [1.807, 2.05) is 24.3 Å². The van der Waals surface area contributed by atoms with Gasteiger partial charge in [-0.05, 0) is 42.0 Å². The molecule has 2 aromatic rings. The minimum atomic E-state index is -0.288. The first kappa shape index (κ1) is 13.6. The van der Waals surface area contributed by atoms with Gasteiger partial charge in [0, 0.05) is 11.3 Å². The first-order chi connectivity index (χ1) is 9.69. The third-order valence-corrected chi connectivity index (χ3v) is 2.65. The Hall–Kier alpha value is -2.82. The summed E-state index contributed by atoms with van der Waals surface area (Å²) < 4.78 is 5.10. The molecule has 0 aliphatic rings. The van der Waals surface area contributed by atoms with Crippen molar-refractivity contribution in [1.29, 1.82) is 0 Å². The number of benzene rings is 2. The Morgan fingerprint density at radius 2 is 2.00 bits per heavy atom. The molecule has 0 radical (unpaired) electrons. The lowest BCUT2D eigenvalue weighted by Crippen LogP contribution is -2.17. The van der Waals surface area contributed by atoms with Crippen molar-refractivity contribution in [2.24, 2.45) is 5.10 Å². The highest BCUT2D eigenvalue weighted by molar-refractivity contribution is 5.95. The SMILES string of the molecule is COc1cccc(/C=N\NC(=O)c2ccc(N)cc2)c1. The number of ether oxygens (including phenoxy) is 1. The van der Waals surface area contributed by atoms with Gasteiger partial charge in [0.05, 0.1) is 13.3 Å². The highest BCUT2D eigenvalue weighted by Crippen LogP contribution is 2.10. The Kier molecular flexibility index (Phi) is 4.34. The summed E-state index contributed by atoms with van der Waals surface area (Å²) in [5.74, 6) is 0.447. The Balaban J connectivity index is 1.98. The molecule has 0 unspecified atom stereocenters. The molecular formula is C15H15N3O2. The van der Waals surface area contributed by atoms with E-state index in [-0.39, 0.29) is 5.91 Å². The van der Waals surface area contributed by atoms with Gasteiger partial charge in [0.2, 0.25) is 0 Å². The zero-order valence-corrected chi connectivity index (χ0v) is 11.0. The van der Waals surface area contributed by atoms with E-state index in [4.69, 9.17) is 10.5 Å². The molecule has 20 heavy (non-hydrogen) atoms. The summed E-state index contributed by atoms with van der Waals surface area (Å²) in [6.07, 6.45) is 1.55. The highest BCUT2D eigenvalue weighted by atomic mass is 16.5. The predicted molar refractivity (Wildman–Crippen MR) is 78.9 cm³/mol. The summed E-state index contributed by atoms with van der Waals surface area (Å²) in [6.45, 7) is 0. The van der Waals surface area contributed by atoms with E-state index < -0.39 is 0 Å². The minimum absolute atomic E-state index is 0.288. The van der Waals surface area contributed by atoms with Gasteiger partial charge in [0.1, 0.15) is 5.75 Å². The van der Waals surface area contributed by atoms with Crippen LogP contribution in [0.5, 0.6) is 5.75 Å². The summed E-state index contributed by atoms with van der Waals surface area (Å²) in [7, 11) is 1.60. The maximum absolute atomic E-state index is 11.8. The van der Waals surface area contributed by atoms with Crippen molar-refractivity contribution in [2.75, 3.05) is 12.8 Å². The number of amides is 1. The van der Waals surface area contributed by atoms with E-state index in [2.05, 4.69) is 10.5 Å². The standard InChI is InChI=1S/C15H15N3O2/c1-20-14-4-2-3-11(9-14)10-17-18-15(19)12-5-7-13(16)8-6-12/h2-10H,16H2,1H3,(H,18,19)/b17-10-. The van der Waals surface area contributed by atoms with Gasteiger partial charge < -0.3 is 10.5 Å². The van der Waals surface area contributed by atoms with Crippen molar-refractivity contribution >= 4 is 17.8 Å². The monoisotopic (exact) mass is 269 g/mol. The quantitative estimate of drug-likeness (QED) is 0.506. The molecule has 0 aliphatic heterocycles. The van der Waals surface area contributed by atoms with Gasteiger partial charge in [-0.15, -0.1) is 0 Å². The van der Waals surface area contributed by atoms with Crippen LogP contribution in [0.4, 0.5) is 5.69 Å². The fraction of sp³-hybridized carbons (Fsp3) is 0.0667. The number of hydrogen-bond acceptors (Lipinski definition) is 4. The van der Waals surface area contributed by atoms with E-state index in [9.17, 15) is 4.79 Å². The molecule has 3 N–H and O–H groups in total. The molecule has 5 nitrogen and oxygen atoms in total. The maximum Gasteiger partial charge on any atom is 0.271 e. The molecule has 0 aromatic heterocycles. The molecule has 1 amide bonds. The van der Waals surface area contributed by atoms with Gasteiger partial charge in [0.25, 0.3) is 5.91 Å². The first-order valence-electron chi connectivity index (χ1n) is 6.02. The van der Waals surface area contributed by atoms with Crippen LogP contribution >= 0.6 is 0 Å². The molecule has 0 aliphatic carbocycles. The van der Waals surface area contributed by atoms with Gasteiger partial charge in [0.15, 0.2) is 0 Å². The average Bonchev–Trinajstić information content (AvgIpc) is 2.48. The van der Waals surface area contributed by atoms with Crippen LogP contribution < -0.4 is 15.9 Å². The normalized spacial score (nSPS) is 10.4. The first-order valence-corrected chi connectivity index (χ1v) is 6.02. The molecule has 0 heterocycles. The van der Waals surface area contributed by atoms with Gasteiger partial charge in [-0.2, -0.15) is 5.10 Å². The second-order valence-corrected chi connectivity index (χ2v) is 4.10. The van der Waals surface area contributed by atoms with Crippen molar-refractivity contribution in [3.05, 3.63) is 59.7 Å². The van der Waals surface area contributed by atoms with Crippen LogP contribution in [0.1, 0.15) is 15.9 Å². The molecule has 5 heteroatoms. The van der Waals surface area contributed by atoms with Crippen LogP contribution in [0.3, 0.4) is 0 Å². The molecule has 0 saturated carbocycles. The number of carbonyl (C=O) groups is 1. The Labute approximate surface area is 117 Å². The van der Waals surface area contributed by atoms with Crippen molar-refractivity contribution in [2.45, 2.75) is 0 Å². The van der Waals surface area contributed by atoms with Crippen LogP contribution in [-0.4, -0.2) is 19.2 Å². The zero-order chi connectivity index (χ0) is 14.4. The Morgan fingerprint density at radius 3 is 2.70 bits per heavy atom. The average molecular weight is 269 g/mol. The second kappa shape index (κ2) is 6.38. The number of nitrogens with one attached hydrogen (secondary N) is 1. The van der Waals surface area contributed by atoms with Gasteiger partial charge in [-0.3, -0.25) is 4.79 Å². The number of rotatable bonds is 4. The Bertz CT molecular complexity index is 621. The second-order valence-electron chi connectivity index (χ2n) is 4.10.